The van der Waals surface area contributed by atoms with Gasteiger partial charge in [-0.1, -0.05) is 20.8 Å². The molecule has 1 aliphatic carbocycles. The van der Waals surface area contributed by atoms with E-state index in [1.165, 1.54) is 16.9 Å². The molecule has 0 aromatic carbocycles. The highest BCUT2D eigenvalue weighted by molar-refractivity contribution is 7.14. The molecule has 1 atom stereocenters. The van der Waals surface area contributed by atoms with E-state index >= 15 is 0 Å². The third-order valence-corrected chi connectivity index (χ3v) is 7.14. The Morgan fingerprint density at radius 3 is 2.86 bits per heavy atom. The smallest absolute Gasteiger partial charge is 0.265 e. The van der Waals surface area contributed by atoms with Gasteiger partial charge < -0.3 is 15.5 Å². The highest BCUT2D eigenvalue weighted by Gasteiger charge is 2.30. The summed E-state index contributed by atoms with van der Waals surface area (Å²) in [5, 5.41) is 5.76. The summed E-state index contributed by atoms with van der Waals surface area (Å²) in [7, 11) is 0. The van der Waals surface area contributed by atoms with Gasteiger partial charge in [0, 0.05) is 18.0 Å². The third kappa shape index (κ3) is 4.45. The molecule has 2 aromatic rings. The maximum atomic E-state index is 12.7. The average molecular weight is 413 g/mol. The molecule has 0 saturated carbocycles. The van der Waals surface area contributed by atoms with Gasteiger partial charge in [-0.3, -0.25) is 9.59 Å². The summed E-state index contributed by atoms with van der Waals surface area (Å²) in [6, 6.07) is 5.76. The van der Waals surface area contributed by atoms with Gasteiger partial charge >= 0.3 is 0 Å². The van der Waals surface area contributed by atoms with Crippen molar-refractivity contribution in [3.63, 3.8) is 0 Å². The Morgan fingerprint density at radius 2 is 2.17 bits per heavy atom. The molecule has 0 unspecified atom stereocenters. The number of nitrogens with one attached hydrogen (secondary N) is 2. The van der Waals surface area contributed by atoms with Crippen molar-refractivity contribution >= 4 is 34.7 Å². The van der Waals surface area contributed by atoms with Crippen LogP contribution in [0.2, 0.25) is 0 Å². The predicted octanol–water partition coefficient (Wildman–Crippen LogP) is 3.48. The molecule has 0 spiro atoms. The summed E-state index contributed by atoms with van der Waals surface area (Å²) in [6.07, 6.45) is 4.97. The van der Waals surface area contributed by atoms with Crippen LogP contribution in [-0.4, -0.2) is 36.4 Å². The molecular weight excluding hydrogens is 384 g/mol. The lowest BCUT2D eigenvalue weighted by atomic mass is 9.72. The fourth-order valence-corrected chi connectivity index (χ4v) is 5.15. The summed E-state index contributed by atoms with van der Waals surface area (Å²) in [5.41, 5.74) is 2.30. The zero-order valence-corrected chi connectivity index (χ0v) is 18.1. The summed E-state index contributed by atoms with van der Waals surface area (Å²) in [6.45, 7) is 8.58. The lowest BCUT2D eigenvalue weighted by Crippen LogP contribution is -2.48. The fraction of sp³-hybridized carbons (Fsp3) is 0.500. The molecule has 2 aliphatic rings. The zero-order chi connectivity index (χ0) is 20.6. The number of hydrogen-bond donors (Lipinski definition) is 2. The van der Waals surface area contributed by atoms with Gasteiger partial charge in [0.1, 0.15) is 5.82 Å². The molecule has 0 radical (unpaired) electrons. The molecule has 2 amide bonds. The van der Waals surface area contributed by atoms with Crippen molar-refractivity contribution in [3.8, 4) is 0 Å². The van der Waals surface area contributed by atoms with Crippen molar-refractivity contribution in [3.05, 3.63) is 39.7 Å². The Kier molecular flexibility index (Phi) is 5.34. The van der Waals surface area contributed by atoms with Gasteiger partial charge in [-0.2, -0.15) is 0 Å². The van der Waals surface area contributed by atoms with Gasteiger partial charge in [-0.15, -0.1) is 11.3 Å². The van der Waals surface area contributed by atoms with Gasteiger partial charge in [-0.25, -0.2) is 4.98 Å². The second kappa shape index (κ2) is 7.78. The molecule has 2 N–H and O–H groups in total. The lowest BCUT2D eigenvalue weighted by molar-refractivity contribution is -0.120. The molecule has 1 fully saturated rings. The van der Waals surface area contributed by atoms with E-state index in [2.05, 4.69) is 42.5 Å². The van der Waals surface area contributed by atoms with E-state index in [1.807, 2.05) is 17.0 Å². The number of hydrogen-bond acceptors (Lipinski definition) is 5. The zero-order valence-electron chi connectivity index (χ0n) is 17.2. The Morgan fingerprint density at radius 1 is 1.34 bits per heavy atom. The molecule has 1 saturated heterocycles. The second-order valence-electron chi connectivity index (χ2n) is 9.00. The van der Waals surface area contributed by atoms with E-state index in [4.69, 9.17) is 0 Å². The first kappa shape index (κ1) is 19.9. The summed E-state index contributed by atoms with van der Waals surface area (Å²) >= 11 is 1.62. The van der Waals surface area contributed by atoms with Crippen LogP contribution in [0.5, 0.6) is 0 Å². The summed E-state index contributed by atoms with van der Waals surface area (Å²) < 4.78 is 0. The van der Waals surface area contributed by atoms with E-state index in [0.29, 0.717) is 30.1 Å². The standard InChI is InChI=1S/C22H28N4O2S/c1-22(2,3)15-4-6-17-14(10-15)11-18(29-17)21(28)25-16-5-7-19(24-12-16)26-9-8-23-20(27)13-26/h5,7,11-12,15H,4,6,8-10,13H2,1-3H3,(H,23,27)(H,25,28)/t15-/m1/s1. The molecular formula is C22H28N4O2S. The van der Waals surface area contributed by atoms with Crippen LogP contribution in [-0.2, 0) is 17.6 Å². The number of thiophene rings is 1. The van der Waals surface area contributed by atoms with Gasteiger partial charge in [0.05, 0.1) is 23.3 Å². The van der Waals surface area contributed by atoms with Crippen LogP contribution < -0.4 is 15.5 Å². The predicted molar refractivity (Wildman–Crippen MR) is 117 cm³/mol. The maximum Gasteiger partial charge on any atom is 0.265 e. The van der Waals surface area contributed by atoms with Crippen LogP contribution in [0, 0.1) is 11.3 Å². The van der Waals surface area contributed by atoms with Crippen LogP contribution >= 0.6 is 11.3 Å². The first-order valence-corrected chi connectivity index (χ1v) is 11.0. The minimum absolute atomic E-state index is 0.00536. The molecule has 6 nitrogen and oxygen atoms in total. The highest BCUT2D eigenvalue weighted by atomic mass is 32.1. The number of aryl methyl sites for hydroxylation is 1. The van der Waals surface area contributed by atoms with Crippen molar-refractivity contribution in [2.45, 2.75) is 40.0 Å². The Balaban J connectivity index is 1.41. The normalized spacial score (nSPS) is 19.5. The summed E-state index contributed by atoms with van der Waals surface area (Å²) in [5.74, 6) is 1.33. The van der Waals surface area contributed by atoms with E-state index < -0.39 is 0 Å². The van der Waals surface area contributed by atoms with Crippen molar-refractivity contribution in [2.75, 3.05) is 29.9 Å². The van der Waals surface area contributed by atoms with Gasteiger partial charge in [-0.05, 0) is 54.4 Å². The molecule has 4 rings (SSSR count). The Hall–Kier alpha value is -2.41. The van der Waals surface area contributed by atoms with E-state index in [1.54, 1.807) is 17.5 Å². The number of rotatable bonds is 3. The van der Waals surface area contributed by atoms with Crippen molar-refractivity contribution in [1.29, 1.82) is 0 Å². The highest BCUT2D eigenvalue weighted by Crippen LogP contribution is 2.40. The number of pyridine rings is 1. The molecule has 7 heteroatoms. The number of amides is 2. The van der Waals surface area contributed by atoms with Gasteiger partial charge in [0.25, 0.3) is 5.91 Å². The SMILES string of the molecule is CC(C)(C)[C@@H]1CCc2sc(C(=O)Nc3ccc(N4CCNC(=O)C4)nc3)cc2C1. The molecule has 2 aromatic heterocycles. The summed E-state index contributed by atoms with van der Waals surface area (Å²) in [4.78, 5) is 32.8. The first-order valence-electron chi connectivity index (χ1n) is 10.2. The van der Waals surface area contributed by atoms with Crippen molar-refractivity contribution in [1.82, 2.24) is 10.3 Å². The number of anilines is 2. The molecule has 29 heavy (non-hydrogen) atoms. The molecule has 154 valence electrons. The third-order valence-electron chi connectivity index (χ3n) is 5.90. The quantitative estimate of drug-likeness (QED) is 0.809. The van der Waals surface area contributed by atoms with Gasteiger partial charge in [0.15, 0.2) is 0 Å². The van der Waals surface area contributed by atoms with Crippen molar-refractivity contribution < 1.29 is 9.59 Å². The number of fused-ring (bicyclic) bond motifs is 1. The van der Waals surface area contributed by atoms with E-state index in [9.17, 15) is 9.59 Å². The lowest BCUT2D eigenvalue weighted by Gasteiger charge is -2.33. The molecule has 1 aliphatic heterocycles. The number of nitrogens with zero attached hydrogens (tertiary/aromatic N) is 2. The average Bonchev–Trinajstić information content (AvgIpc) is 3.11. The molecule has 0 bridgehead atoms. The minimum Gasteiger partial charge on any atom is -0.353 e. The van der Waals surface area contributed by atoms with Crippen LogP contribution in [0.1, 0.15) is 47.3 Å². The number of piperazine rings is 1. The van der Waals surface area contributed by atoms with Crippen LogP contribution in [0.4, 0.5) is 11.5 Å². The van der Waals surface area contributed by atoms with E-state index in [0.717, 1.165) is 30.1 Å². The molecule has 3 heterocycles. The Labute approximate surface area is 175 Å². The van der Waals surface area contributed by atoms with Crippen molar-refractivity contribution in [2.24, 2.45) is 11.3 Å². The fourth-order valence-electron chi connectivity index (χ4n) is 4.05. The number of carbonyl (C=O) groups excluding carboxylic acids is 2. The monoisotopic (exact) mass is 412 g/mol. The number of carbonyl (C=O) groups is 2. The first-order chi connectivity index (χ1) is 13.8. The Bertz CT molecular complexity index is 914. The van der Waals surface area contributed by atoms with Crippen LogP contribution in [0.15, 0.2) is 24.4 Å². The van der Waals surface area contributed by atoms with E-state index in [-0.39, 0.29) is 11.8 Å². The minimum atomic E-state index is -0.0800. The maximum absolute atomic E-state index is 12.7. The van der Waals surface area contributed by atoms with Gasteiger partial charge in [0.2, 0.25) is 5.91 Å². The topological polar surface area (TPSA) is 74.3 Å². The van der Waals surface area contributed by atoms with Crippen LogP contribution in [0.3, 0.4) is 0 Å². The second-order valence-corrected chi connectivity index (χ2v) is 10.1. The number of aromatic nitrogens is 1. The van der Waals surface area contributed by atoms with Crippen LogP contribution in [0.25, 0.3) is 0 Å². The largest absolute Gasteiger partial charge is 0.353 e.